The van der Waals surface area contributed by atoms with Crippen LogP contribution in [0.1, 0.15) is 11.1 Å². The number of nitrogens with zero attached hydrogens (tertiary/aromatic N) is 1. The molecule has 88 valence electrons. The third-order valence-corrected chi connectivity index (χ3v) is 2.43. The lowest BCUT2D eigenvalue weighted by Crippen LogP contribution is -1.76. The quantitative estimate of drug-likeness (QED) is 0.453. The van der Waals surface area contributed by atoms with E-state index in [1.807, 2.05) is 24.3 Å². The molecule has 0 radical (unpaired) electrons. The maximum Gasteiger partial charge on any atom is 0.240 e. The summed E-state index contributed by atoms with van der Waals surface area (Å²) in [5, 5.41) is 0. The lowest BCUT2D eigenvalue weighted by Gasteiger charge is -1.98. The van der Waals surface area contributed by atoms with Crippen molar-refractivity contribution < 1.29 is 9.18 Å². The van der Waals surface area contributed by atoms with E-state index in [1.54, 1.807) is 24.3 Å². The monoisotopic (exact) mass is 239 g/mol. The second-order valence-corrected chi connectivity index (χ2v) is 3.65. The molecule has 0 fully saturated rings. The zero-order valence-electron chi connectivity index (χ0n) is 9.51. The minimum Gasteiger partial charge on any atom is -0.211 e. The minimum absolute atomic E-state index is 0.266. The van der Waals surface area contributed by atoms with Gasteiger partial charge in [-0.1, -0.05) is 42.5 Å². The van der Waals surface area contributed by atoms with E-state index in [1.165, 1.54) is 18.2 Å². The summed E-state index contributed by atoms with van der Waals surface area (Å²) in [6, 6.07) is 13.4. The van der Waals surface area contributed by atoms with Crippen molar-refractivity contribution >= 4 is 23.9 Å². The number of hydrogen-bond donors (Lipinski definition) is 0. The molecule has 0 atom stereocenters. The molecular weight excluding hydrogens is 229 g/mol. The Morgan fingerprint density at radius 2 is 1.72 bits per heavy atom. The van der Waals surface area contributed by atoms with Crippen molar-refractivity contribution in [1.82, 2.24) is 0 Å². The molecule has 2 aromatic carbocycles. The van der Waals surface area contributed by atoms with Crippen LogP contribution in [0.3, 0.4) is 0 Å². The Bertz CT molecular complexity index is 611. The first-order valence-corrected chi connectivity index (χ1v) is 5.40. The van der Waals surface area contributed by atoms with Crippen LogP contribution in [0.15, 0.2) is 53.5 Å². The Hall–Kier alpha value is -2.51. The van der Waals surface area contributed by atoms with Gasteiger partial charge in [-0.2, -0.15) is 4.99 Å². The molecule has 0 N–H and O–H groups in total. The molecule has 0 spiro atoms. The van der Waals surface area contributed by atoms with Crippen LogP contribution in [0.25, 0.3) is 12.2 Å². The molecular formula is C15H10FNO. The van der Waals surface area contributed by atoms with Crippen LogP contribution in [0.5, 0.6) is 0 Å². The summed E-state index contributed by atoms with van der Waals surface area (Å²) in [6.45, 7) is 0. The number of isocyanates is 1. The SMILES string of the molecule is O=C=Nc1ccccc1C=Cc1ccc(F)cc1. The molecule has 2 nitrogen and oxygen atoms in total. The number of carbonyl (C=O) groups excluding carboxylic acids is 1. The average molecular weight is 239 g/mol. The number of hydrogen-bond acceptors (Lipinski definition) is 2. The van der Waals surface area contributed by atoms with Crippen LogP contribution >= 0.6 is 0 Å². The highest BCUT2D eigenvalue weighted by molar-refractivity contribution is 5.76. The molecule has 0 amide bonds. The molecule has 2 rings (SSSR count). The Morgan fingerprint density at radius 1 is 1.00 bits per heavy atom. The van der Waals surface area contributed by atoms with Gasteiger partial charge in [0.2, 0.25) is 6.08 Å². The van der Waals surface area contributed by atoms with Gasteiger partial charge in [0.05, 0.1) is 5.69 Å². The molecule has 0 saturated heterocycles. The molecule has 0 bridgehead atoms. The van der Waals surface area contributed by atoms with Gasteiger partial charge in [-0.15, -0.1) is 0 Å². The Morgan fingerprint density at radius 3 is 2.44 bits per heavy atom. The summed E-state index contributed by atoms with van der Waals surface area (Å²) in [6.07, 6.45) is 5.18. The van der Waals surface area contributed by atoms with Gasteiger partial charge in [-0.25, -0.2) is 9.18 Å². The first-order chi connectivity index (χ1) is 8.79. The van der Waals surface area contributed by atoms with E-state index in [0.717, 1.165) is 11.1 Å². The van der Waals surface area contributed by atoms with E-state index in [-0.39, 0.29) is 5.82 Å². The lowest BCUT2D eigenvalue weighted by molar-refractivity contribution is 0.565. The van der Waals surface area contributed by atoms with E-state index < -0.39 is 0 Å². The largest absolute Gasteiger partial charge is 0.240 e. The van der Waals surface area contributed by atoms with Gasteiger partial charge in [0.15, 0.2) is 0 Å². The minimum atomic E-state index is -0.266. The fraction of sp³-hybridized carbons (Fsp3) is 0. The van der Waals surface area contributed by atoms with Crippen LogP contribution < -0.4 is 0 Å². The van der Waals surface area contributed by atoms with Crippen molar-refractivity contribution in [2.75, 3.05) is 0 Å². The topological polar surface area (TPSA) is 29.4 Å². The van der Waals surface area contributed by atoms with Crippen molar-refractivity contribution in [3.05, 3.63) is 65.5 Å². The summed E-state index contributed by atoms with van der Waals surface area (Å²) in [5.41, 5.74) is 2.25. The van der Waals surface area contributed by atoms with Gasteiger partial charge in [-0.3, -0.25) is 0 Å². The molecule has 0 aromatic heterocycles. The molecule has 0 aliphatic carbocycles. The zero-order chi connectivity index (χ0) is 12.8. The highest BCUT2D eigenvalue weighted by atomic mass is 19.1. The molecule has 0 aliphatic rings. The average Bonchev–Trinajstić information content (AvgIpc) is 2.40. The van der Waals surface area contributed by atoms with Crippen molar-refractivity contribution in [3.8, 4) is 0 Å². The van der Waals surface area contributed by atoms with Crippen LogP contribution in [-0.4, -0.2) is 6.08 Å². The standard InChI is InChI=1S/C15H10FNO/c16-14-9-6-12(7-10-14)5-8-13-3-1-2-4-15(13)17-11-18/h1-10H. The molecule has 0 saturated carbocycles. The summed E-state index contributed by atoms with van der Waals surface area (Å²) in [4.78, 5) is 13.9. The van der Waals surface area contributed by atoms with E-state index in [2.05, 4.69) is 4.99 Å². The van der Waals surface area contributed by atoms with Crippen molar-refractivity contribution in [1.29, 1.82) is 0 Å². The number of benzene rings is 2. The highest BCUT2D eigenvalue weighted by Gasteiger charge is 1.96. The molecule has 2 aromatic rings. The van der Waals surface area contributed by atoms with Gasteiger partial charge in [0.25, 0.3) is 0 Å². The number of halogens is 1. The summed E-state index contributed by atoms with van der Waals surface area (Å²) >= 11 is 0. The number of rotatable bonds is 3. The second kappa shape index (κ2) is 5.71. The molecule has 0 aliphatic heterocycles. The molecule has 0 heterocycles. The fourth-order valence-corrected chi connectivity index (χ4v) is 1.54. The van der Waals surface area contributed by atoms with Crippen LogP contribution in [-0.2, 0) is 4.79 Å². The van der Waals surface area contributed by atoms with Gasteiger partial charge in [-0.05, 0) is 23.8 Å². The maximum atomic E-state index is 12.7. The first-order valence-electron chi connectivity index (χ1n) is 5.40. The second-order valence-electron chi connectivity index (χ2n) is 3.65. The van der Waals surface area contributed by atoms with Crippen molar-refractivity contribution in [2.45, 2.75) is 0 Å². The summed E-state index contributed by atoms with van der Waals surface area (Å²) in [5.74, 6) is -0.266. The fourth-order valence-electron chi connectivity index (χ4n) is 1.54. The van der Waals surface area contributed by atoms with Gasteiger partial charge >= 0.3 is 0 Å². The Balaban J connectivity index is 2.28. The van der Waals surface area contributed by atoms with Crippen LogP contribution in [0, 0.1) is 5.82 Å². The third-order valence-electron chi connectivity index (χ3n) is 2.43. The van der Waals surface area contributed by atoms with E-state index in [4.69, 9.17) is 0 Å². The van der Waals surface area contributed by atoms with Crippen molar-refractivity contribution in [2.24, 2.45) is 4.99 Å². The molecule has 0 unspecified atom stereocenters. The predicted molar refractivity (Wildman–Crippen MR) is 69.6 cm³/mol. The summed E-state index contributed by atoms with van der Waals surface area (Å²) in [7, 11) is 0. The predicted octanol–water partition coefficient (Wildman–Crippen LogP) is 3.96. The lowest BCUT2D eigenvalue weighted by atomic mass is 10.1. The van der Waals surface area contributed by atoms with E-state index in [0.29, 0.717) is 5.69 Å². The van der Waals surface area contributed by atoms with E-state index in [9.17, 15) is 9.18 Å². The normalized spacial score (nSPS) is 10.3. The molecule has 3 heteroatoms. The maximum absolute atomic E-state index is 12.7. The third kappa shape index (κ3) is 3.00. The van der Waals surface area contributed by atoms with Gasteiger partial charge in [0.1, 0.15) is 5.82 Å². The smallest absolute Gasteiger partial charge is 0.211 e. The molecule has 18 heavy (non-hydrogen) atoms. The van der Waals surface area contributed by atoms with Crippen LogP contribution in [0.4, 0.5) is 10.1 Å². The van der Waals surface area contributed by atoms with Crippen LogP contribution in [0.2, 0.25) is 0 Å². The number of aliphatic imine (C=N–C) groups is 1. The van der Waals surface area contributed by atoms with E-state index >= 15 is 0 Å². The Kier molecular flexibility index (Phi) is 3.79. The summed E-state index contributed by atoms with van der Waals surface area (Å²) < 4.78 is 12.7. The first kappa shape index (κ1) is 12.0. The van der Waals surface area contributed by atoms with Gasteiger partial charge < -0.3 is 0 Å². The zero-order valence-corrected chi connectivity index (χ0v) is 9.51. The highest BCUT2D eigenvalue weighted by Crippen LogP contribution is 2.20. The number of para-hydroxylation sites is 1. The van der Waals surface area contributed by atoms with Crippen molar-refractivity contribution in [3.63, 3.8) is 0 Å². The van der Waals surface area contributed by atoms with Gasteiger partial charge in [0, 0.05) is 5.56 Å². The Labute approximate surface area is 104 Å².